The molecule has 0 aliphatic carbocycles. The van der Waals surface area contributed by atoms with Crippen molar-refractivity contribution in [3.05, 3.63) is 59.2 Å². The summed E-state index contributed by atoms with van der Waals surface area (Å²) in [6.45, 7) is 7.55. The Morgan fingerprint density at radius 1 is 0.929 bits per heavy atom. The lowest BCUT2D eigenvalue weighted by atomic mass is 10.0. The average Bonchev–Trinajstić information content (AvgIpc) is 2.70. The molecule has 0 aliphatic rings. The summed E-state index contributed by atoms with van der Waals surface area (Å²) in [5.74, 6) is 1.60. The Bertz CT molecular complexity index is 791. The molecule has 4 nitrogen and oxygen atoms in total. The maximum Gasteiger partial charge on any atom is 0.185 e. The first-order valence-electron chi connectivity index (χ1n) is 10.0. The number of phenolic OH excluding ortho intramolecular Hbond substituents is 1. The van der Waals surface area contributed by atoms with Gasteiger partial charge in [-0.2, -0.15) is 0 Å². The topological polar surface area (TPSA) is 55.8 Å². The van der Waals surface area contributed by atoms with Crippen molar-refractivity contribution < 1.29 is 19.4 Å². The number of rotatable bonds is 11. The minimum atomic E-state index is -0.121. The summed E-state index contributed by atoms with van der Waals surface area (Å²) in [4.78, 5) is 12.4. The summed E-state index contributed by atoms with van der Waals surface area (Å²) in [5, 5.41) is 9.38. The van der Waals surface area contributed by atoms with E-state index >= 15 is 0 Å². The van der Waals surface area contributed by atoms with Crippen molar-refractivity contribution in [2.24, 2.45) is 0 Å². The number of hydrogen-bond acceptors (Lipinski definition) is 4. The van der Waals surface area contributed by atoms with Crippen LogP contribution >= 0.6 is 0 Å². The molecule has 1 N–H and O–H groups in total. The molecule has 0 atom stereocenters. The number of hydrogen-bond donors (Lipinski definition) is 1. The summed E-state index contributed by atoms with van der Waals surface area (Å²) in [5.41, 5.74) is 2.52. The van der Waals surface area contributed by atoms with Crippen molar-refractivity contribution >= 4 is 11.9 Å². The third kappa shape index (κ3) is 6.15. The molecule has 28 heavy (non-hydrogen) atoms. The van der Waals surface area contributed by atoms with E-state index in [1.54, 1.807) is 24.3 Å². The second kappa shape index (κ2) is 11.2. The van der Waals surface area contributed by atoms with Gasteiger partial charge in [-0.15, -0.1) is 0 Å². The van der Waals surface area contributed by atoms with Crippen molar-refractivity contribution in [2.75, 3.05) is 13.2 Å². The summed E-state index contributed by atoms with van der Waals surface area (Å²) in [7, 11) is 0. The fourth-order valence-corrected chi connectivity index (χ4v) is 2.79. The number of carbonyl (C=O) groups excluding carboxylic acids is 1. The molecule has 4 heteroatoms. The predicted octanol–water partition coefficient (Wildman–Crippen LogP) is 5.82. The molecule has 150 valence electrons. The second-order valence-corrected chi connectivity index (χ2v) is 6.69. The van der Waals surface area contributed by atoms with Gasteiger partial charge in [0.15, 0.2) is 5.78 Å². The number of carbonyl (C=O) groups is 1. The maximum atomic E-state index is 12.4. The van der Waals surface area contributed by atoms with Gasteiger partial charge in [0.05, 0.1) is 13.2 Å². The van der Waals surface area contributed by atoms with Crippen molar-refractivity contribution in [1.82, 2.24) is 0 Å². The van der Waals surface area contributed by atoms with Gasteiger partial charge >= 0.3 is 0 Å². The number of aryl methyl sites for hydroxylation is 1. The van der Waals surface area contributed by atoms with Crippen LogP contribution in [0.2, 0.25) is 0 Å². The molecule has 0 heterocycles. The summed E-state index contributed by atoms with van der Waals surface area (Å²) < 4.78 is 11.8. The molecular formula is C24H30O4. The fraction of sp³-hybridized carbons (Fsp3) is 0.375. The van der Waals surface area contributed by atoms with Gasteiger partial charge in [0, 0.05) is 17.2 Å². The number of ether oxygens (including phenoxy) is 2. The average molecular weight is 383 g/mol. The molecule has 0 saturated carbocycles. The van der Waals surface area contributed by atoms with Crippen LogP contribution in [0.4, 0.5) is 0 Å². The quantitative estimate of drug-likeness (QED) is 0.393. The van der Waals surface area contributed by atoms with E-state index in [1.807, 2.05) is 6.07 Å². The van der Waals surface area contributed by atoms with E-state index in [2.05, 4.69) is 26.8 Å². The summed E-state index contributed by atoms with van der Waals surface area (Å²) >= 11 is 0. The largest absolute Gasteiger partial charge is 0.508 e. The van der Waals surface area contributed by atoms with Gasteiger partial charge in [0.2, 0.25) is 0 Å². The Hall–Kier alpha value is -2.75. The maximum absolute atomic E-state index is 12.4. The monoisotopic (exact) mass is 382 g/mol. The Morgan fingerprint density at radius 3 is 2.18 bits per heavy atom. The van der Waals surface area contributed by atoms with E-state index in [0.717, 1.165) is 48.3 Å². The first-order chi connectivity index (χ1) is 13.6. The minimum absolute atomic E-state index is 0.121. The van der Waals surface area contributed by atoms with Crippen molar-refractivity contribution in [3.8, 4) is 17.2 Å². The second-order valence-electron chi connectivity index (χ2n) is 6.69. The van der Waals surface area contributed by atoms with Crippen LogP contribution < -0.4 is 9.47 Å². The van der Waals surface area contributed by atoms with E-state index in [9.17, 15) is 9.90 Å². The molecule has 0 unspecified atom stereocenters. The van der Waals surface area contributed by atoms with Crippen LogP contribution in [0, 0.1) is 0 Å². The highest BCUT2D eigenvalue weighted by Gasteiger charge is 2.11. The zero-order chi connectivity index (χ0) is 20.4. The molecule has 0 aliphatic heterocycles. The Kier molecular flexibility index (Phi) is 8.60. The molecule has 0 amide bonds. The Morgan fingerprint density at radius 2 is 1.57 bits per heavy atom. The Balaban J connectivity index is 2.34. The van der Waals surface area contributed by atoms with Gasteiger partial charge in [-0.05, 0) is 67.3 Å². The van der Waals surface area contributed by atoms with Gasteiger partial charge in [0.1, 0.15) is 17.2 Å². The van der Waals surface area contributed by atoms with Crippen molar-refractivity contribution in [1.29, 1.82) is 0 Å². The minimum Gasteiger partial charge on any atom is -0.508 e. The number of aromatic hydroxyl groups is 1. The van der Waals surface area contributed by atoms with E-state index in [1.165, 1.54) is 12.1 Å². The van der Waals surface area contributed by atoms with Gasteiger partial charge in [-0.1, -0.05) is 27.2 Å². The van der Waals surface area contributed by atoms with Crippen LogP contribution in [0.1, 0.15) is 61.5 Å². The first kappa shape index (κ1) is 21.5. The summed E-state index contributed by atoms with van der Waals surface area (Å²) in [6.07, 6.45) is 7.09. The van der Waals surface area contributed by atoms with Crippen LogP contribution in [0.25, 0.3) is 6.08 Å². The molecule has 0 spiro atoms. The fourth-order valence-electron chi connectivity index (χ4n) is 2.79. The molecule has 0 fully saturated rings. The molecule has 0 radical (unpaired) electrons. The van der Waals surface area contributed by atoms with Crippen LogP contribution in [0.5, 0.6) is 17.2 Å². The molecule has 0 saturated heterocycles. The third-order valence-corrected chi connectivity index (χ3v) is 4.20. The lowest BCUT2D eigenvalue weighted by Gasteiger charge is -2.16. The number of benzene rings is 2. The molecule has 2 rings (SSSR count). The van der Waals surface area contributed by atoms with Crippen molar-refractivity contribution in [2.45, 2.75) is 46.5 Å². The highest BCUT2D eigenvalue weighted by molar-refractivity contribution is 6.07. The lowest BCUT2D eigenvalue weighted by Crippen LogP contribution is -2.03. The van der Waals surface area contributed by atoms with Crippen LogP contribution in [-0.2, 0) is 6.42 Å². The zero-order valence-electron chi connectivity index (χ0n) is 17.0. The van der Waals surface area contributed by atoms with E-state index < -0.39 is 0 Å². The van der Waals surface area contributed by atoms with Crippen LogP contribution in [0.3, 0.4) is 0 Å². The van der Waals surface area contributed by atoms with E-state index in [4.69, 9.17) is 9.47 Å². The van der Waals surface area contributed by atoms with Gasteiger partial charge in [-0.25, -0.2) is 0 Å². The molecule has 0 aromatic heterocycles. The van der Waals surface area contributed by atoms with Crippen LogP contribution in [0.15, 0.2) is 42.5 Å². The molecule has 2 aromatic carbocycles. The first-order valence-corrected chi connectivity index (χ1v) is 10.0. The number of allylic oxidation sites excluding steroid dienone is 1. The van der Waals surface area contributed by atoms with Crippen molar-refractivity contribution in [3.63, 3.8) is 0 Å². The molecule has 0 bridgehead atoms. The molecular weight excluding hydrogens is 352 g/mol. The lowest BCUT2D eigenvalue weighted by molar-refractivity contribution is 0.104. The Labute approximate surface area is 167 Å². The van der Waals surface area contributed by atoms with E-state index in [0.29, 0.717) is 18.8 Å². The normalized spacial score (nSPS) is 11.0. The zero-order valence-corrected chi connectivity index (χ0v) is 17.0. The summed E-state index contributed by atoms with van der Waals surface area (Å²) in [6, 6.07) is 10.2. The van der Waals surface area contributed by atoms with Gasteiger partial charge in [-0.3, -0.25) is 4.79 Å². The molecule has 2 aromatic rings. The standard InChI is InChI=1S/C24H30O4/c1-4-7-19-16-20(10-13-22(26)18-8-11-21(25)12-9-18)24(28-15-6-3)17-23(19)27-14-5-2/h8-13,16-17,25H,4-7,14-15H2,1-3H3. The van der Waals surface area contributed by atoms with E-state index in [-0.39, 0.29) is 11.5 Å². The SMILES string of the molecule is CCCOc1cc(OCCC)c(CCC)cc1C=CC(=O)c1ccc(O)cc1. The smallest absolute Gasteiger partial charge is 0.185 e. The number of ketones is 1. The van der Waals surface area contributed by atoms with Crippen LogP contribution in [-0.4, -0.2) is 24.1 Å². The van der Waals surface area contributed by atoms with Gasteiger partial charge in [0.25, 0.3) is 0 Å². The highest BCUT2D eigenvalue weighted by Crippen LogP contribution is 2.32. The van der Waals surface area contributed by atoms with Gasteiger partial charge < -0.3 is 14.6 Å². The third-order valence-electron chi connectivity index (χ3n) is 4.20. The number of phenols is 1. The predicted molar refractivity (Wildman–Crippen MR) is 113 cm³/mol. The highest BCUT2D eigenvalue weighted by atomic mass is 16.5.